The van der Waals surface area contributed by atoms with E-state index in [9.17, 15) is 0 Å². The van der Waals surface area contributed by atoms with Crippen molar-refractivity contribution in [3.05, 3.63) is 108 Å². The van der Waals surface area contributed by atoms with Crippen LogP contribution in [0.2, 0.25) is 0 Å². The maximum Gasteiger partial charge on any atom is 0.119 e. The summed E-state index contributed by atoms with van der Waals surface area (Å²) >= 11 is 0. The van der Waals surface area contributed by atoms with Gasteiger partial charge in [-0.1, -0.05) is 41.6 Å². The summed E-state index contributed by atoms with van der Waals surface area (Å²) in [7, 11) is 3.31. The van der Waals surface area contributed by atoms with Gasteiger partial charge >= 0.3 is 0 Å². The third kappa shape index (κ3) is 4.67. The Morgan fingerprint density at radius 3 is 2.24 bits per heavy atom. The van der Waals surface area contributed by atoms with Crippen LogP contribution in [0.4, 0.5) is 0 Å². The van der Waals surface area contributed by atoms with Crippen molar-refractivity contribution in [3.63, 3.8) is 0 Å². The second kappa shape index (κ2) is 10.3. The normalized spacial score (nSPS) is 11.2. The van der Waals surface area contributed by atoms with Crippen LogP contribution in [0.15, 0.2) is 97.2 Å². The summed E-state index contributed by atoms with van der Waals surface area (Å²) in [5.41, 5.74) is 5.58. The van der Waals surface area contributed by atoms with Gasteiger partial charge in [0.2, 0.25) is 0 Å². The Morgan fingerprint density at radius 1 is 0.737 bits per heavy atom. The number of benzene rings is 4. The summed E-state index contributed by atoms with van der Waals surface area (Å²) in [5, 5.41) is 11.9. The summed E-state index contributed by atoms with van der Waals surface area (Å²) in [4.78, 5) is 5.07. The van der Waals surface area contributed by atoms with E-state index < -0.39 is 0 Å². The standard InChI is InChI=1S/C31H26N4O3/c1-36-26-12-7-22(8-13-26)30-17-23(29-16-9-21-5-3-4-6-28(21)31(29)32-30)19-38-20-24-18-35(34-33-24)25-10-14-27(37-2)15-11-25/h3-18H,19-20H2,1-2H3. The molecule has 7 nitrogen and oxygen atoms in total. The zero-order valence-corrected chi connectivity index (χ0v) is 21.2. The lowest BCUT2D eigenvalue weighted by Gasteiger charge is -2.12. The van der Waals surface area contributed by atoms with Crippen LogP contribution < -0.4 is 9.47 Å². The van der Waals surface area contributed by atoms with Gasteiger partial charge in [0.1, 0.15) is 17.2 Å². The minimum atomic E-state index is 0.339. The van der Waals surface area contributed by atoms with Crippen LogP contribution in [0, 0.1) is 0 Å². The molecule has 6 rings (SSSR count). The molecule has 0 radical (unpaired) electrons. The molecule has 0 atom stereocenters. The molecule has 0 unspecified atom stereocenters. The highest BCUT2D eigenvalue weighted by Gasteiger charge is 2.12. The van der Waals surface area contributed by atoms with E-state index in [-0.39, 0.29) is 0 Å². The molecule has 7 heteroatoms. The number of pyridine rings is 1. The second-order valence-corrected chi connectivity index (χ2v) is 8.92. The van der Waals surface area contributed by atoms with Crippen LogP contribution in [0.5, 0.6) is 11.5 Å². The van der Waals surface area contributed by atoms with Gasteiger partial charge < -0.3 is 14.2 Å². The van der Waals surface area contributed by atoms with Gasteiger partial charge in [-0.3, -0.25) is 0 Å². The van der Waals surface area contributed by atoms with Gasteiger partial charge in [-0.05, 0) is 65.5 Å². The summed E-state index contributed by atoms with van der Waals surface area (Å²) in [6, 6.07) is 30.3. The summed E-state index contributed by atoms with van der Waals surface area (Å²) in [5.74, 6) is 1.61. The third-order valence-electron chi connectivity index (χ3n) is 6.56. The molecule has 2 aromatic heterocycles. The van der Waals surface area contributed by atoms with Crippen molar-refractivity contribution in [1.29, 1.82) is 0 Å². The van der Waals surface area contributed by atoms with E-state index in [4.69, 9.17) is 19.2 Å². The highest BCUT2D eigenvalue weighted by atomic mass is 16.5. The molecule has 0 aliphatic carbocycles. The molecule has 0 aliphatic rings. The molecule has 0 saturated heterocycles. The van der Waals surface area contributed by atoms with Crippen molar-refractivity contribution in [2.75, 3.05) is 14.2 Å². The van der Waals surface area contributed by atoms with Crippen LogP contribution in [0.1, 0.15) is 11.3 Å². The van der Waals surface area contributed by atoms with Crippen LogP contribution >= 0.6 is 0 Å². The Kier molecular flexibility index (Phi) is 6.42. The lowest BCUT2D eigenvalue weighted by atomic mass is 10.0. The second-order valence-electron chi connectivity index (χ2n) is 8.92. The molecular formula is C31H26N4O3. The van der Waals surface area contributed by atoms with Gasteiger partial charge in [0, 0.05) is 16.3 Å². The fourth-order valence-electron chi connectivity index (χ4n) is 4.55. The van der Waals surface area contributed by atoms with E-state index in [0.717, 1.165) is 61.4 Å². The van der Waals surface area contributed by atoms with Crippen molar-refractivity contribution in [3.8, 4) is 28.4 Å². The molecule has 0 fully saturated rings. The predicted molar refractivity (Wildman–Crippen MR) is 148 cm³/mol. The lowest BCUT2D eigenvalue weighted by Crippen LogP contribution is -1.98. The average molecular weight is 503 g/mol. The first-order valence-electron chi connectivity index (χ1n) is 12.3. The van der Waals surface area contributed by atoms with Gasteiger partial charge in [-0.2, -0.15) is 0 Å². The SMILES string of the molecule is COc1ccc(-c2cc(COCc3cn(-c4ccc(OC)cc4)nn3)c3ccc4ccccc4c3n2)cc1. The van der Waals surface area contributed by atoms with E-state index in [1.807, 2.05) is 66.9 Å². The average Bonchev–Trinajstić information content (AvgIpc) is 3.46. The predicted octanol–water partition coefficient (Wildman–Crippen LogP) is 6.37. The fourth-order valence-corrected chi connectivity index (χ4v) is 4.55. The number of fused-ring (bicyclic) bond motifs is 3. The summed E-state index contributed by atoms with van der Waals surface area (Å²) in [6.07, 6.45) is 1.88. The smallest absolute Gasteiger partial charge is 0.119 e. The molecule has 38 heavy (non-hydrogen) atoms. The molecule has 0 saturated carbocycles. The Balaban J connectivity index is 1.29. The van der Waals surface area contributed by atoms with E-state index >= 15 is 0 Å². The maximum atomic E-state index is 6.16. The lowest BCUT2D eigenvalue weighted by molar-refractivity contribution is 0.105. The minimum Gasteiger partial charge on any atom is -0.497 e. The molecule has 188 valence electrons. The van der Waals surface area contributed by atoms with Crippen LogP contribution in [-0.4, -0.2) is 34.2 Å². The van der Waals surface area contributed by atoms with E-state index in [2.05, 4.69) is 40.6 Å². The Bertz CT molecular complexity index is 1710. The first-order valence-corrected chi connectivity index (χ1v) is 12.3. The van der Waals surface area contributed by atoms with Crippen LogP contribution in [0.3, 0.4) is 0 Å². The van der Waals surface area contributed by atoms with E-state index in [1.54, 1.807) is 18.9 Å². The Morgan fingerprint density at radius 2 is 1.47 bits per heavy atom. The van der Waals surface area contributed by atoms with Gasteiger partial charge in [-0.25, -0.2) is 9.67 Å². The molecular weight excluding hydrogens is 476 g/mol. The number of nitrogens with zero attached hydrogens (tertiary/aromatic N) is 4. The van der Waals surface area contributed by atoms with Crippen LogP contribution in [0.25, 0.3) is 38.6 Å². The Labute approximate surface area is 220 Å². The van der Waals surface area contributed by atoms with Crippen LogP contribution in [-0.2, 0) is 18.0 Å². The number of ether oxygens (including phenoxy) is 3. The highest BCUT2D eigenvalue weighted by Crippen LogP contribution is 2.31. The molecule has 0 amide bonds. The van der Waals surface area contributed by atoms with E-state index in [0.29, 0.717) is 13.2 Å². The maximum absolute atomic E-state index is 6.16. The molecule has 0 spiro atoms. The number of rotatable bonds is 8. The Hall–Kier alpha value is -4.75. The molecule has 6 aromatic rings. The van der Waals surface area contributed by atoms with E-state index in [1.165, 1.54) is 0 Å². The monoisotopic (exact) mass is 502 g/mol. The largest absolute Gasteiger partial charge is 0.497 e. The molecule has 0 bridgehead atoms. The number of methoxy groups -OCH3 is 2. The minimum absolute atomic E-state index is 0.339. The molecule has 0 aliphatic heterocycles. The van der Waals surface area contributed by atoms with Crippen molar-refractivity contribution in [2.45, 2.75) is 13.2 Å². The van der Waals surface area contributed by atoms with Gasteiger partial charge in [0.25, 0.3) is 0 Å². The zero-order chi connectivity index (χ0) is 25.9. The van der Waals surface area contributed by atoms with Gasteiger partial charge in [0.15, 0.2) is 0 Å². The van der Waals surface area contributed by atoms with Crippen molar-refractivity contribution in [2.24, 2.45) is 0 Å². The fraction of sp³-hybridized carbons (Fsp3) is 0.129. The third-order valence-corrected chi connectivity index (χ3v) is 6.56. The number of aromatic nitrogens is 4. The first kappa shape index (κ1) is 23.6. The summed E-state index contributed by atoms with van der Waals surface area (Å²) in [6.45, 7) is 0.751. The van der Waals surface area contributed by atoms with Crippen molar-refractivity contribution < 1.29 is 14.2 Å². The quantitative estimate of drug-likeness (QED) is 0.225. The van der Waals surface area contributed by atoms with Gasteiger partial charge in [0.05, 0.1) is 50.5 Å². The van der Waals surface area contributed by atoms with Gasteiger partial charge in [-0.15, -0.1) is 5.10 Å². The number of hydrogen-bond donors (Lipinski definition) is 0. The highest BCUT2D eigenvalue weighted by molar-refractivity contribution is 6.06. The first-order chi connectivity index (χ1) is 18.7. The van der Waals surface area contributed by atoms with Crippen molar-refractivity contribution >= 4 is 21.7 Å². The topological polar surface area (TPSA) is 71.3 Å². The van der Waals surface area contributed by atoms with Crippen molar-refractivity contribution in [1.82, 2.24) is 20.0 Å². The summed E-state index contributed by atoms with van der Waals surface area (Å²) < 4.78 is 18.5. The molecule has 4 aromatic carbocycles. The number of hydrogen-bond acceptors (Lipinski definition) is 6. The molecule has 2 heterocycles. The zero-order valence-electron chi connectivity index (χ0n) is 21.2. The molecule has 0 N–H and O–H groups in total.